The van der Waals surface area contributed by atoms with Crippen LogP contribution in [0.3, 0.4) is 0 Å². The minimum Gasteiger partial charge on any atom is -0.495 e. The molecule has 0 atom stereocenters. The molecular weight excluding hydrogens is 350 g/mol. The van der Waals surface area contributed by atoms with Crippen LogP contribution in [0.5, 0.6) is 17.2 Å². The first-order valence-corrected chi connectivity index (χ1v) is 8.55. The Labute approximate surface area is 156 Å². The predicted molar refractivity (Wildman–Crippen MR) is 101 cm³/mol. The van der Waals surface area contributed by atoms with Crippen LogP contribution in [0.15, 0.2) is 66.7 Å². The highest BCUT2D eigenvalue weighted by Crippen LogP contribution is 2.44. The lowest BCUT2D eigenvalue weighted by Crippen LogP contribution is -2.25. The summed E-state index contributed by atoms with van der Waals surface area (Å²) in [5.41, 5.74) is 2.29. The summed E-state index contributed by atoms with van der Waals surface area (Å²) in [4.78, 5) is 13.1. The number of benzene rings is 3. The molecule has 4 nitrogen and oxygen atoms in total. The van der Waals surface area contributed by atoms with E-state index in [1.165, 1.54) is 0 Å². The molecule has 0 saturated carbocycles. The van der Waals surface area contributed by atoms with Crippen LogP contribution in [-0.2, 0) is 4.79 Å². The van der Waals surface area contributed by atoms with Crippen LogP contribution < -0.4 is 14.8 Å². The molecule has 1 heterocycles. The van der Waals surface area contributed by atoms with Crippen molar-refractivity contribution in [2.24, 2.45) is 0 Å². The van der Waals surface area contributed by atoms with Crippen molar-refractivity contribution in [3.63, 3.8) is 0 Å². The Bertz CT molecular complexity index is 941. The number of rotatable bonds is 3. The summed E-state index contributed by atoms with van der Waals surface area (Å²) in [5, 5.41) is 3.39. The van der Waals surface area contributed by atoms with Crippen molar-refractivity contribution in [1.29, 1.82) is 0 Å². The lowest BCUT2D eigenvalue weighted by atomic mass is 9.87. The Kier molecular flexibility index (Phi) is 4.27. The van der Waals surface area contributed by atoms with Gasteiger partial charge in [-0.2, -0.15) is 0 Å². The molecule has 0 aliphatic carbocycles. The van der Waals surface area contributed by atoms with Gasteiger partial charge in [0.15, 0.2) is 0 Å². The van der Waals surface area contributed by atoms with Gasteiger partial charge in [-0.05, 0) is 30.3 Å². The standard InChI is InChI=1S/C21H16ClNO3/c1-25-19-11-10-13(12-16(19)22)23-21(24)20-14-6-2-4-8-17(14)26-18-9-5-3-7-15(18)20/h2-12,20H,1H3,(H,23,24). The molecule has 0 unspecified atom stereocenters. The molecule has 5 heteroatoms. The molecular formula is C21H16ClNO3. The molecule has 4 rings (SSSR count). The van der Waals surface area contributed by atoms with E-state index in [0.717, 1.165) is 11.1 Å². The van der Waals surface area contributed by atoms with E-state index in [-0.39, 0.29) is 5.91 Å². The van der Waals surface area contributed by atoms with Gasteiger partial charge in [-0.3, -0.25) is 4.79 Å². The molecule has 0 aromatic heterocycles. The third-order valence-electron chi connectivity index (χ3n) is 4.36. The molecule has 3 aromatic carbocycles. The van der Waals surface area contributed by atoms with E-state index in [4.69, 9.17) is 21.1 Å². The van der Waals surface area contributed by atoms with Crippen LogP contribution in [0.2, 0.25) is 5.02 Å². The molecule has 26 heavy (non-hydrogen) atoms. The monoisotopic (exact) mass is 365 g/mol. The van der Waals surface area contributed by atoms with E-state index in [0.29, 0.717) is 28.0 Å². The van der Waals surface area contributed by atoms with E-state index < -0.39 is 5.92 Å². The summed E-state index contributed by atoms with van der Waals surface area (Å²) in [6, 6.07) is 20.3. The average molecular weight is 366 g/mol. The summed E-state index contributed by atoms with van der Waals surface area (Å²) in [6.07, 6.45) is 0. The molecule has 0 fully saturated rings. The van der Waals surface area contributed by atoms with Gasteiger partial charge < -0.3 is 14.8 Å². The molecule has 0 radical (unpaired) electrons. The molecule has 0 spiro atoms. The Morgan fingerprint density at radius 1 is 1.00 bits per heavy atom. The largest absolute Gasteiger partial charge is 0.495 e. The maximum Gasteiger partial charge on any atom is 0.236 e. The normalized spacial score (nSPS) is 12.5. The number of fused-ring (bicyclic) bond motifs is 2. The zero-order valence-corrected chi connectivity index (χ0v) is 14.8. The van der Waals surface area contributed by atoms with Crippen LogP contribution in [0.1, 0.15) is 17.0 Å². The van der Waals surface area contributed by atoms with Crippen LogP contribution in [0, 0.1) is 0 Å². The fraction of sp³-hybridized carbons (Fsp3) is 0.0952. The van der Waals surface area contributed by atoms with Gasteiger partial charge >= 0.3 is 0 Å². The number of anilines is 1. The molecule has 1 amide bonds. The first-order chi connectivity index (χ1) is 12.7. The second-order valence-electron chi connectivity index (χ2n) is 5.95. The zero-order valence-electron chi connectivity index (χ0n) is 14.0. The van der Waals surface area contributed by atoms with Gasteiger partial charge in [-0.15, -0.1) is 0 Å². The smallest absolute Gasteiger partial charge is 0.236 e. The molecule has 1 N–H and O–H groups in total. The van der Waals surface area contributed by atoms with Crippen LogP contribution >= 0.6 is 11.6 Å². The maximum absolute atomic E-state index is 13.1. The van der Waals surface area contributed by atoms with Gasteiger partial charge in [0.05, 0.1) is 18.1 Å². The molecule has 1 aliphatic rings. The lowest BCUT2D eigenvalue weighted by Gasteiger charge is -2.27. The number of carbonyl (C=O) groups is 1. The quantitative estimate of drug-likeness (QED) is 0.691. The van der Waals surface area contributed by atoms with Gasteiger partial charge in [0.1, 0.15) is 17.2 Å². The van der Waals surface area contributed by atoms with Crippen molar-refractivity contribution >= 4 is 23.2 Å². The summed E-state index contributed by atoms with van der Waals surface area (Å²) in [5.74, 6) is 1.34. The number of ether oxygens (including phenoxy) is 2. The van der Waals surface area contributed by atoms with E-state index >= 15 is 0 Å². The molecule has 3 aromatic rings. The van der Waals surface area contributed by atoms with Crippen molar-refractivity contribution in [3.05, 3.63) is 82.9 Å². The van der Waals surface area contributed by atoms with E-state index in [2.05, 4.69) is 5.32 Å². The highest BCUT2D eigenvalue weighted by molar-refractivity contribution is 6.32. The average Bonchev–Trinajstić information content (AvgIpc) is 2.66. The van der Waals surface area contributed by atoms with Crippen molar-refractivity contribution in [3.8, 4) is 17.2 Å². The summed E-state index contributed by atoms with van der Waals surface area (Å²) < 4.78 is 11.1. The molecule has 1 aliphatic heterocycles. The van der Waals surface area contributed by atoms with Crippen molar-refractivity contribution in [1.82, 2.24) is 0 Å². The number of hydrogen-bond donors (Lipinski definition) is 1. The number of amides is 1. The Morgan fingerprint density at radius 2 is 1.62 bits per heavy atom. The van der Waals surface area contributed by atoms with Crippen LogP contribution in [0.25, 0.3) is 0 Å². The first kappa shape index (κ1) is 16.5. The summed E-state index contributed by atoms with van der Waals surface area (Å²) >= 11 is 6.16. The predicted octanol–water partition coefficient (Wildman–Crippen LogP) is 5.22. The van der Waals surface area contributed by atoms with Gasteiger partial charge in [-0.1, -0.05) is 48.0 Å². The second-order valence-corrected chi connectivity index (χ2v) is 6.36. The number of para-hydroxylation sites is 2. The molecule has 0 bridgehead atoms. The minimum atomic E-state index is -0.461. The molecule has 130 valence electrons. The van der Waals surface area contributed by atoms with Crippen molar-refractivity contribution < 1.29 is 14.3 Å². The number of hydrogen-bond acceptors (Lipinski definition) is 3. The Morgan fingerprint density at radius 3 is 2.19 bits per heavy atom. The van der Waals surface area contributed by atoms with Gasteiger partial charge in [0.2, 0.25) is 5.91 Å². The number of nitrogens with one attached hydrogen (secondary N) is 1. The van der Waals surface area contributed by atoms with Crippen LogP contribution in [0.4, 0.5) is 5.69 Å². The van der Waals surface area contributed by atoms with E-state index in [9.17, 15) is 4.79 Å². The van der Waals surface area contributed by atoms with Crippen molar-refractivity contribution in [2.45, 2.75) is 5.92 Å². The third-order valence-corrected chi connectivity index (χ3v) is 4.66. The fourth-order valence-electron chi connectivity index (χ4n) is 3.15. The third kappa shape index (κ3) is 2.89. The Hall–Kier alpha value is -2.98. The fourth-order valence-corrected chi connectivity index (χ4v) is 3.41. The number of methoxy groups -OCH3 is 1. The first-order valence-electron chi connectivity index (χ1n) is 8.17. The highest BCUT2D eigenvalue weighted by Gasteiger charge is 2.32. The van der Waals surface area contributed by atoms with Gasteiger partial charge in [0.25, 0.3) is 0 Å². The number of halogens is 1. The van der Waals surface area contributed by atoms with E-state index in [1.807, 2.05) is 48.5 Å². The van der Waals surface area contributed by atoms with Crippen LogP contribution in [-0.4, -0.2) is 13.0 Å². The number of carbonyl (C=O) groups excluding carboxylic acids is 1. The maximum atomic E-state index is 13.1. The Balaban J connectivity index is 1.71. The zero-order chi connectivity index (χ0) is 18.1. The highest BCUT2D eigenvalue weighted by atomic mass is 35.5. The SMILES string of the molecule is COc1ccc(NC(=O)C2c3ccccc3Oc3ccccc32)cc1Cl. The van der Waals surface area contributed by atoms with Gasteiger partial charge in [0, 0.05) is 16.8 Å². The minimum absolute atomic E-state index is 0.144. The van der Waals surface area contributed by atoms with E-state index in [1.54, 1.807) is 25.3 Å². The van der Waals surface area contributed by atoms with Crippen molar-refractivity contribution in [2.75, 3.05) is 12.4 Å². The summed E-state index contributed by atoms with van der Waals surface area (Å²) in [7, 11) is 1.55. The second kappa shape index (κ2) is 6.73. The van der Waals surface area contributed by atoms with Gasteiger partial charge in [-0.25, -0.2) is 0 Å². The lowest BCUT2D eigenvalue weighted by molar-refractivity contribution is -0.116. The summed E-state index contributed by atoms with van der Waals surface area (Å²) in [6.45, 7) is 0. The molecule has 0 saturated heterocycles. The topological polar surface area (TPSA) is 47.6 Å².